The number of amides is 1. The fraction of sp³-hybridized carbons (Fsp3) is 0.500. The van der Waals surface area contributed by atoms with Crippen molar-refractivity contribution in [2.45, 2.75) is 32.6 Å². The minimum Gasteiger partial charge on any atom is -0.272 e. The molecular formula is C12H15N3O. The molecular weight excluding hydrogens is 202 g/mol. The van der Waals surface area contributed by atoms with Gasteiger partial charge in [0.05, 0.1) is 5.92 Å². The van der Waals surface area contributed by atoms with Crippen molar-refractivity contribution in [3.8, 4) is 0 Å². The minimum absolute atomic E-state index is 0.0673. The highest BCUT2D eigenvalue weighted by Gasteiger charge is 2.17. The summed E-state index contributed by atoms with van der Waals surface area (Å²) in [5.41, 5.74) is 0.506. The first-order chi connectivity index (χ1) is 7.81. The van der Waals surface area contributed by atoms with Gasteiger partial charge >= 0.3 is 0 Å². The molecule has 0 saturated heterocycles. The molecule has 1 aromatic rings. The maximum atomic E-state index is 11.7. The zero-order chi connectivity index (χ0) is 11.4. The molecule has 84 valence electrons. The fourth-order valence-electron chi connectivity index (χ4n) is 1.84. The first kappa shape index (κ1) is 10.9. The third-order valence-corrected chi connectivity index (χ3v) is 2.75. The smallest absolute Gasteiger partial charge is 0.254 e. The fourth-order valence-corrected chi connectivity index (χ4v) is 1.84. The van der Waals surface area contributed by atoms with Crippen LogP contribution in [0.3, 0.4) is 0 Å². The summed E-state index contributed by atoms with van der Waals surface area (Å²) < 4.78 is 0. The summed E-state index contributed by atoms with van der Waals surface area (Å²) in [6.07, 6.45) is 9.35. The lowest BCUT2D eigenvalue weighted by Crippen LogP contribution is -2.36. The van der Waals surface area contributed by atoms with Gasteiger partial charge in [-0.3, -0.25) is 4.79 Å². The number of aromatic nitrogens is 2. The Bertz CT molecular complexity index is 495. The number of unbranched alkanes of at least 4 members (excludes halogenated alkanes) is 2. The van der Waals surface area contributed by atoms with Gasteiger partial charge in [-0.1, -0.05) is 32.3 Å². The molecule has 0 aromatic carbocycles. The second-order valence-corrected chi connectivity index (χ2v) is 4.02. The molecule has 4 heteroatoms. The average Bonchev–Trinajstić information content (AvgIpc) is 2.30. The Morgan fingerprint density at radius 3 is 3.06 bits per heavy atom. The van der Waals surface area contributed by atoms with Crippen LogP contribution < -0.4 is 10.7 Å². The van der Waals surface area contributed by atoms with Gasteiger partial charge in [0.25, 0.3) is 5.91 Å². The van der Waals surface area contributed by atoms with Crippen LogP contribution in [0.2, 0.25) is 0 Å². The van der Waals surface area contributed by atoms with Gasteiger partial charge in [-0.05, 0) is 6.42 Å². The zero-order valence-electron chi connectivity index (χ0n) is 9.39. The minimum atomic E-state index is -0.0787. The summed E-state index contributed by atoms with van der Waals surface area (Å²) in [5.74, 6) is -0.146. The van der Waals surface area contributed by atoms with E-state index in [-0.39, 0.29) is 11.8 Å². The van der Waals surface area contributed by atoms with E-state index in [0.717, 1.165) is 30.9 Å². The lowest BCUT2D eigenvalue weighted by Gasteiger charge is -2.10. The van der Waals surface area contributed by atoms with Gasteiger partial charge < -0.3 is 0 Å². The van der Waals surface area contributed by atoms with Crippen LogP contribution in [0.4, 0.5) is 0 Å². The quantitative estimate of drug-likeness (QED) is 0.694. The van der Waals surface area contributed by atoms with Gasteiger partial charge in [0.1, 0.15) is 6.33 Å². The van der Waals surface area contributed by atoms with Crippen molar-refractivity contribution in [3.63, 3.8) is 0 Å². The Morgan fingerprint density at radius 2 is 2.25 bits per heavy atom. The predicted octanol–water partition coefficient (Wildman–Crippen LogP) is 0.613. The van der Waals surface area contributed by atoms with Crippen LogP contribution in [0.5, 0.6) is 0 Å². The summed E-state index contributed by atoms with van der Waals surface area (Å²) in [7, 11) is 0. The van der Waals surface area contributed by atoms with Gasteiger partial charge in [-0.15, -0.1) is 0 Å². The Morgan fingerprint density at radius 1 is 1.38 bits per heavy atom. The lowest BCUT2D eigenvalue weighted by molar-refractivity contribution is -0.120. The third-order valence-electron chi connectivity index (χ3n) is 2.75. The highest BCUT2D eigenvalue weighted by molar-refractivity contribution is 5.85. The number of hydrogen-bond acceptors (Lipinski definition) is 3. The lowest BCUT2D eigenvalue weighted by atomic mass is 9.98. The normalized spacial score (nSPS) is 18.6. The van der Waals surface area contributed by atoms with E-state index in [4.69, 9.17) is 0 Å². The van der Waals surface area contributed by atoms with E-state index in [2.05, 4.69) is 21.9 Å². The summed E-state index contributed by atoms with van der Waals surface area (Å²) in [6, 6.07) is 0. The third kappa shape index (κ3) is 2.32. The molecule has 1 aromatic heterocycles. The van der Waals surface area contributed by atoms with Crippen molar-refractivity contribution in [3.05, 3.63) is 23.2 Å². The molecule has 4 nitrogen and oxygen atoms in total. The molecule has 0 saturated carbocycles. The molecule has 1 unspecified atom stereocenters. The van der Waals surface area contributed by atoms with E-state index < -0.39 is 0 Å². The van der Waals surface area contributed by atoms with E-state index >= 15 is 0 Å². The van der Waals surface area contributed by atoms with Crippen LogP contribution in [0.15, 0.2) is 17.5 Å². The van der Waals surface area contributed by atoms with Crippen LogP contribution in [-0.2, 0) is 4.79 Å². The summed E-state index contributed by atoms with van der Waals surface area (Å²) in [4.78, 5) is 23.6. The second kappa shape index (κ2) is 4.96. The van der Waals surface area contributed by atoms with E-state index in [0.29, 0.717) is 5.49 Å². The van der Waals surface area contributed by atoms with Crippen LogP contribution in [0.1, 0.15) is 32.6 Å². The van der Waals surface area contributed by atoms with Crippen molar-refractivity contribution in [1.29, 1.82) is 0 Å². The van der Waals surface area contributed by atoms with Crippen molar-refractivity contribution >= 4 is 12.0 Å². The molecule has 0 radical (unpaired) electrons. The molecule has 0 aliphatic carbocycles. The van der Waals surface area contributed by atoms with E-state index in [1.807, 2.05) is 6.08 Å². The summed E-state index contributed by atoms with van der Waals surface area (Å²) >= 11 is 0. The van der Waals surface area contributed by atoms with Crippen LogP contribution in [-0.4, -0.2) is 15.9 Å². The zero-order valence-corrected chi connectivity index (χ0v) is 9.39. The summed E-state index contributed by atoms with van der Waals surface area (Å²) in [6.45, 7) is 2.15. The highest BCUT2D eigenvalue weighted by Crippen LogP contribution is 2.13. The van der Waals surface area contributed by atoms with Gasteiger partial charge in [-0.2, -0.15) is 4.99 Å². The monoisotopic (exact) mass is 217 g/mol. The Kier molecular flexibility index (Phi) is 3.39. The number of carbonyl (C=O) groups excluding carboxylic acids is 1. The topological polar surface area (TPSA) is 55.2 Å². The average molecular weight is 217 g/mol. The second-order valence-electron chi connectivity index (χ2n) is 4.02. The first-order valence-corrected chi connectivity index (χ1v) is 5.71. The predicted molar refractivity (Wildman–Crippen MR) is 59.9 cm³/mol. The van der Waals surface area contributed by atoms with Gasteiger partial charge in [0, 0.05) is 11.4 Å². The van der Waals surface area contributed by atoms with E-state index in [1.54, 1.807) is 6.20 Å². The molecule has 1 aliphatic heterocycles. The molecule has 0 N–H and O–H groups in total. The number of fused-ring (bicyclic) bond motifs is 1. The van der Waals surface area contributed by atoms with Crippen LogP contribution in [0, 0.1) is 5.92 Å². The summed E-state index contributed by atoms with van der Waals surface area (Å²) in [5, 5.41) is 0.878. The molecule has 1 atom stereocenters. The van der Waals surface area contributed by atoms with E-state index in [9.17, 15) is 4.79 Å². The molecule has 0 fully saturated rings. The SMILES string of the molecule is CCCCCC1C=c2cncnc2=NC1=O. The number of hydrogen-bond donors (Lipinski definition) is 0. The first-order valence-electron chi connectivity index (χ1n) is 5.71. The largest absolute Gasteiger partial charge is 0.272 e. The molecule has 0 spiro atoms. The molecule has 0 bridgehead atoms. The van der Waals surface area contributed by atoms with Crippen molar-refractivity contribution < 1.29 is 4.79 Å². The van der Waals surface area contributed by atoms with Crippen LogP contribution in [0.25, 0.3) is 6.08 Å². The van der Waals surface area contributed by atoms with Gasteiger partial charge in [0.2, 0.25) is 0 Å². The van der Waals surface area contributed by atoms with Crippen molar-refractivity contribution in [1.82, 2.24) is 9.97 Å². The number of nitrogens with zero attached hydrogens (tertiary/aromatic N) is 3. The Labute approximate surface area is 94.2 Å². The Hall–Kier alpha value is -1.58. The molecule has 16 heavy (non-hydrogen) atoms. The number of carbonyl (C=O) groups is 1. The van der Waals surface area contributed by atoms with E-state index in [1.165, 1.54) is 6.33 Å². The van der Waals surface area contributed by atoms with Gasteiger partial charge in [0.15, 0.2) is 5.49 Å². The number of rotatable bonds is 4. The standard InChI is InChI=1S/C12H15N3O/c1-2-3-4-5-9-6-10-7-13-8-14-11(10)15-12(9)16/h6-9H,2-5H2,1H3. The maximum Gasteiger partial charge on any atom is 0.254 e. The van der Waals surface area contributed by atoms with Crippen molar-refractivity contribution in [2.75, 3.05) is 0 Å². The molecule has 2 rings (SSSR count). The molecule has 1 aliphatic rings. The molecule has 2 heterocycles. The Balaban J connectivity index is 2.19. The highest BCUT2D eigenvalue weighted by atomic mass is 16.1. The maximum absolute atomic E-state index is 11.7. The van der Waals surface area contributed by atoms with Gasteiger partial charge in [-0.25, -0.2) is 9.97 Å². The molecule has 1 amide bonds. The van der Waals surface area contributed by atoms with Crippen molar-refractivity contribution in [2.24, 2.45) is 10.9 Å². The van der Waals surface area contributed by atoms with Crippen LogP contribution >= 0.6 is 0 Å².